The Bertz CT molecular complexity index is 801. The standard InChI is InChI=1S/C14H18N4O2S2/c1-9-7-11(14-15-8-10(2)21-14)17-13(16-9)12-5-4-6-18(12)22(3,19)20/h7-8,12H,4-6H2,1-3H3/t12-/m0/s1. The Morgan fingerprint density at radius 1 is 1.32 bits per heavy atom. The third-order valence-electron chi connectivity index (χ3n) is 3.64. The lowest BCUT2D eigenvalue weighted by atomic mass is 10.2. The molecule has 0 radical (unpaired) electrons. The number of hydrogen-bond acceptors (Lipinski definition) is 6. The number of aryl methyl sites for hydroxylation is 2. The largest absolute Gasteiger partial charge is 0.243 e. The van der Waals surface area contributed by atoms with Crippen molar-refractivity contribution in [3.63, 3.8) is 0 Å². The van der Waals surface area contributed by atoms with Crippen LogP contribution in [0.15, 0.2) is 12.3 Å². The Kier molecular flexibility index (Phi) is 4.00. The minimum absolute atomic E-state index is 0.269. The summed E-state index contributed by atoms with van der Waals surface area (Å²) in [5.41, 5.74) is 1.59. The van der Waals surface area contributed by atoms with Gasteiger partial charge in [-0.2, -0.15) is 4.31 Å². The lowest BCUT2D eigenvalue weighted by Crippen LogP contribution is -2.30. The fraction of sp³-hybridized carbons (Fsp3) is 0.500. The highest BCUT2D eigenvalue weighted by atomic mass is 32.2. The summed E-state index contributed by atoms with van der Waals surface area (Å²) < 4.78 is 25.3. The van der Waals surface area contributed by atoms with E-state index in [2.05, 4.69) is 15.0 Å². The van der Waals surface area contributed by atoms with E-state index in [0.717, 1.165) is 34.1 Å². The summed E-state index contributed by atoms with van der Waals surface area (Å²) in [6, 6.07) is 1.62. The molecule has 0 aromatic carbocycles. The molecule has 0 N–H and O–H groups in total. The van der Waals surface area contributed by atoms with Crippen molar-refractivity contribution in [1.29, 1.82) is 0 Å². The van der Waals surface area contributed by atoms with Gasteiger partial charge in [-0.3, -0.25) is 0 Å². The molecule has 22 heavy (non-hydrogen) atoms. The Hall–Kier alpha value is -1.38. The Labute approximate surface area is 134 Å². The molecule has 0 spiro atoms. The second-order valence-corrected chi connectivity index (χ2v) is 8.73. The molecule has 2 aromatic rings. The van der Waals surface area contributed by atoms with Crippen LogP contribution in [0.3, 0.4) is 0 Å². The second-order valence-electron chi connectivity index (χ2n) is 5.56. The topological polar surface area (TPSA) is 76.1 Å². The van der Waals surface area contributed by atoms with Crippen LogP contribution in [0.5, 0.6) is 0 Å². The average molecular weight is 338 g/mol. The maximum absolute atomic E-state index is 11.9. The van der Waals surface area contributed by atoms with Gasteiger partial charge in [0.1, 0.15) is 16.5 Å². The zero-order valence-corrected chi connectivity index (χ0v) is 14.4. The van der Waals surface area contributed by atoms with Gasteiger partial charge >= 0.3 is 0 Å². The molecule has 0 amide bonds. The van der Waals surface area contributed by atoms with Gasteiger partial charge in [0.05, 0.1) is 12.3 Å². The summed E-state index contributed by atoms with van der Waals surface area (Å²) in [7, 11) is -3.25. The smallest absolute Gasteiger partial charge is 0.211 e. The third kappa shape index (κ3) is 3.04. The Balaban J connectivity index is 2.03. The van der Waals surface area contributed by atoms with E-state index in [1.54, 1.807) is 11.3 Å². The Morgan fingerprint density at radius 3 is 2.73 bits per heavy atom. The first kappa shape index (κ1) is 15.5. The molecule has 1 atom stereocenters. The first-order chi connectivity index (χ1) is 10.3. The molecule has 0 saturated carbocycles. The summed E-state index contributed by atoms with van der Waals surface area (Å²) in [6.07, 6.45) is 4.65. The van der Waals surface area contributed by atoms with Crippen LogP contribution in [-0.4, -0.2) is 40.5 Å². The van der Waals surface area contributed by atoms with E-state index in [-0.39, 0.29) is 6.04 Å². The van der Waals surface area contributed by atoms with Crippen molar-refractivity contribution in [2.24, 2.45) is 0 Å². The number of nitrogens with zero attached hydrogens (tertiary/aromatic N) is 4. The van der Waals surface area contributed by atoms with Gasteiger partial charge in [-0.15, -0.1) is 11.3 Å². The van der Waals surface area contributed by atoms with Gasteiger partial charge in [0.25, 0.3) is 0 Å². The van der Waals surface area contributed by atoms with Crippen molar-refractivity contribution >= 4 is 21.4 Å². The average Bonchev–Trinajstić information content (AvgIpc) is 3.05. The van der Waals surface area contributed by atoms with Crippen LogP contribution in [0.25, 0.3) is 10.7 Å². The van der Waals surface area contributed by atoms with Crippen molar-refractivity contribution in [2.75, 3.05) is 12.8 Å². The lowest BCUT2D eigenvalue weighted by molar-refractivity contribution is 0.386. The van der Waals surface area contributed by atoms with E-state index >= 15 is 0 Å². The molecule has 8 heteroatoms. The van der Waals surface area contributed by atoms with Gasteiger partial charge in [-0.05, 0) is 32.8 Å². The number of aromatic nitrogens is 3. The van der Waals surface area contributed by atoms with Gasteiger partial charge in [0.2, 0.25) is 10.0 Å². The number of hydrogen-bond donors (Lipinski definition) is 0. The first-order valence-electron chi connectivity index (χ1n) is 7.10. The highest BCUT2D eigenvalue weighted by Gasteiger charge is 2.34. The van der Waals surface area contributed by atoms with Crippen molar-refractivity contribution in [3.05, 3.63) is 28.7 Å². The van der Waals surface area contributed by atoms with Gasteiger partial charge in [0, 0.05) is 23.3 Å². The molecule has 0 unspecified atom stereocenters. The lowest BCUT2D eigenvalue weighted by Gasteiger charge is -2.21. The molecule has 6 nitrogen and oxygen atoms in total. The fourth-order valence-electron chi connectivity index (χ4n) is 2.72. The normalized spacial score (nSPS) is 19.7. The SMILES string of the molecule is Cc1cc(-c2ncc(C)s2)nc([C@@H]2CCCN2S(C)(=O)=O)n1. The molecule has 1 aliphatic heterocycles. The van der Waals surface area contributed by atoms with E-state index in [1.165, 1.54) is 10.6 Å². The summed E-state index contributed by atoms with van der Waals surface area (Å²) in [5.74, 6) is 0.575. The van der Waals surface area contributed by atoms with Crippen LogP contribution < -0.4 is 0 Å². The van der Waals surface area contributed by atoms with Crippen molar-refractivity contribution < 1.29 is 8.42 Å². The first-order valence-corrected chi connectivity index (χ1v) is 9.76. The quantitative estimate of drug-likeness (QED) is 0.858. The predicted octanol–water partition coefficient (Wildman–Crippen LogP) is 2.31. The highest BCUT2D eigenvalue weighted by molar-refractivity contribution is 7.88. The fourth-order valence-corrected chi connectivity index (χ4v) is 4.57. The second kappa shape index (κ2) is 5.68. The molecule has 0 aliphatic carbocycles. The molecular weight excluding hydrogens is 320 g/mol. The Morgan fingerprint density at radius 2 is 2.09 bits per heavy atom. The number of rotatable bonds is 3. The predicted molar refractivity (Wildman–Crippen MR) is 86.1 cm³/mol. The molecule has 2 aromatic heterocycles. The minimum Gasteiger partial charge on any atom is -0.243 e. The van der Waals surface area contributed by atoms with Crippen molar-refractivity contribution in [2.45, 2.75) is 32.7 Å². The van der Waals surface area contributed by atoms with Crippen LogP contribution in [0, 0.1) is 13.8 Å². The number of sulfonamides is 1. The molecule has 1 aliphatic rings. The minimum atomic E-state index is -3.25. The van der Waals surface area contributed by atoms with E-state index < -0.39 is 10.0 Å². The molecule has 3 heterocycles. The van der Waals surface area contributed by atoms with E-state index in [1.807, 2.05) is 26.1 Å². The zero-order chi connectivity index (χ0) is 15.9. The molecular formula is C14H18N4O2S2. The summed E-state index contributed by atoms with van der Waals surface area (Å²) in [6.45, 7) is 4.43. The summed E-state index contributed by atoms with van der Waals surface area (Å²) in [5, 5.41) is 0.841. The molecule has 1 fully saturated rings. The number of thiazole rings is 1. The molecule has 118 valence electrons. The molecule has 1 saturated heterocycles. The zero-order valence-electron chi connectivity index (χ0n) is 12.8. The van der Waals surface area contributed by atoms with Crippen molar-refractivity contribution in [3.8, 4) is 10.7 Å². The highest BCUT2D eigenvalue weighted by Crippen LogP contribution is 2.33. The van der Waals surface area contributed by atoms with E-state index in [9.17, 15) is 8.42 Å². The van der Waals surface area contributed by atoms with E-state index in [4.69, 9.17) is 0 Å². The monoisotopic (exact) mass is 338 g/mol. The van der Waals surface area contributed by atoms with Gasteiger partial charge in [-0.25, -0.2) is 23.4 Å². The summed E-state index contributed by atoms with van der Waals surface area (Å²) >= 11 is 1.57. The van der Waals surface area contributed by atoms with Crippen LogP contribution >= 0.6 is 11.3 Å². The van der Waals surface area contributed by atoms with Crippen LogP contribution in [-0.2, 0) is 10.0 Å². The molecule has 0 bridgehead atoms. The van der Waals surface area contributed by atoms with Gasteiger partial charge in [-0.1, -0.05) is 0 Å². The van der Waals surface area contributed by atoms with Crippen LogP contribution in [0.1, 0.15) is 35.3 Å². The van der Waals surface area contributed by atoms with Crippen LogP contribution in [0.2, 0.25) is 0 Å². The maximum atomic E-state index is 11.9. The van der Waals surface area contributed by atoms with Gasteiger partial charge < -0.3 is 0 Å². The van der Waals surface area contributed by atoms with Crippen molar-refractivity contribution in [1.82, 2.24) is 19.3 Å². The summed E-state index contributed by atoms with van der Waals surface area (Å²) in [4.78, 5) is 14.5. The van der Waals surface area contributed by atoms with E-state index in [0.29, 0.717) is 12.4 Å². The molecule has 3 rings (SSSR count). The maximum Gasteiger partial charge on any atom is 0.211 e. The van der Waals surface area contributed by atoms with Crippen LogP contribution in [0.4, 0.5) is 0 Å². The third-order valence-corrected chi connectivity index (χ3v) is 5.86. The van der Waals surface area contributed by atoms with Gasteiger partial charge in [0.15, 0.2) is 0 Å².